The Morgan fingerprint density at radius 2 is 1.59 bits per heavy atom. The zero-order valence-corrected chi connectivity index (χ0v) is 24.2. The van der Waals surface area contributed by atoms with Gasteiger partial charge < -0.3 is 32.0 Å². The highest BCUT2D eigenvalue weighted by Gasteiger charge is 2.22. The summed E-state index contributed by atoms with van der Waals surface area (Å²) in [5.74, 6) is 0.699. The maximum Gasteiger partial charge on any atom is 0.240 e. The zero-order valence-electron chi connectivity index (χ0n) is 24.2. The van der Waals surface area contributed by atoms with Crippen LogP contribution in [-0.4, -0.2) is 44.2 Å². The van der Waals surface area contributed by atoms with Gasteiger partial charge in [-0.25, -0.2) is 0 Å². The highest BCUT2D eigenvalue weighted by atomic mass is 16.5. The molecular formula is C33H44N4O4. The van der Waals surface area contributed by atoms with Gasteiger partial charge in [-0.1, -0.05) is 49.4 Å². The van der Waals surface area contributed by atoms with E-state index in [1.807, 2.05) is 54.6 Å². The lowest BCUT2D eigenvalue weighted by molar-refractivity contribution is -0.128. The van der Waals surface area contributed by atoms with E-state index < -0.39 is 23.9 Å². The predicted octanol–water partition coefficient (Wildman–Crippen LogP) is 3.91. The van der Waals surface area contributed by atoms with Crippen LogP contribution in [0.5, 0.6) is 11.5 Å². The number of carbonyl (C=O) groups is 2. The molecule has 0 aliphatic carbocycles. The Kier molecular flexibility index (Phi) is 12.7. The van der Waals surface area contributed by atoms with Gasteiger partial charge in [-0.15, -0.1) is 0 Å². The summed E-state index contributed by atoms with van der Waals surface area (Å²) in [7, 11) is 1.66. The summed E-state index contributed by atoms with van der Waals surface area (Å²) in [6, 6.07) is 20.4. The number of amides is 2. The molecule has 8 nitrogen and oxygen atoms in total. The summed E-state index contributed by atoms with van der Waals surface area (Å²) < 4.78 is 11.1. The summed E-state index contributed by atoms with van der Waals surface area (Å²) in [6.45, 7) is 3.43. The molecular weight excluding hydrogens is 516 g/mol. The van der Waals surface area contributed by atoms with E-state index in [4.69, 9.17) is 26.7 Å². The molecule has 7 N–H and O–H groups in total. The number of hydrogen-bond acceptors (Lipinski definition) is 6. The standard InChI is InChI=1S/C33H44N4O4/c1-3-25-22-28(40-2)17-18-29(25)26-13-9-24(10-14-26)21-30(35)33(39)37-31(32(36)38)8-6-7-23-11-15-27(16-12-23)41-20-5-4-19-34/h9-18,22,30-31H,3-8,19-21,34-35H2,1-2H3,(H2,36,38)(H,37,39)/t30-,31?/m0/s1. The Balaban J connectivity index is 1.48. The van der Waals surface area contributed by atoms with E-state index in [1.165, 1.54) is 5.56 Å². The Morgan fingerprint density at radius 3 is 2.22 bits per heavy atom. The molecule has 3 aromatic carbocycles. The van der Waals surface area contributed by atoms with Gasteiger partial charge >= 0.3 is 0 Å². The second-order valence-corrected chi connectivity index (χ2v) is 10.2. The number of benzene rings is 3. The molecule has 1 unspecified atom stereocenters. The van der Waals surface area contributed by atoms with Gasteiger partial charge in [0.25, 0.3) is 0 Å². The largest absolute Gasteiger partial charge is 0.497 e. The minimum atomic E-state index is -0.799. The van der Waals surface area contributed by atoms with Crippen molar-refractivity contribution in [3.05, 3.63) is 83.4 Å². The summed E-state index contributed by atoms with van der Waals surface area (Å²) in [5.41, 5.74) is 22.8. The minimum absolute atomic E-state index is 0.349. The molecule has 3 aromatic rings. The first kappa shape index (κ1) is 31.6. The van der Waals surface area contributed by atoms with Crippen LogP contribution in [0.15, 0.2) is 66.7 Å². The third kappa shape index (κ3) is 9.92. The smallest absolute Gasteiger partial charge is 0.240 e. The fraction of sp³-hybridized carbons (Fsp3) is 0.394. The molecule has 0 saturated carbocycles. The molecule has 2 amide bonds. The molecule has 0 aliphatic rings. The number of primary amides is 1. The predicted molar refractivity (Wildman–Crippen MR) is 164 cm³/mol. The third-order valence-electron chi connectivity index (χ3n) is 7.16. The third-order valence-corrected chi connectivity index (χ3v) is 7.16. The van der Waals surface area contributed by atoms with Crippen molar-refractivity contribution in [2.75, 3.05) is 20.3 Å². The van der Waals surface area contributed by atoms with Crippen LogP contribution in [0.1, 0.15) is 49.3 Å². The lowest BCUT2D eigenvalue weighted by Crippen LogP contribution is -2.51. The van der Waals surface area contributed by atoms with E-state index in [0.717, 1.165) is 59.4 Å². The van der Waals surface area contributed by atoms with Crippen LogP contribution in [0.4, 0.5) is 0 Å². The Morgan fingerprint density at radius 1 is 0.902 bits per heavy atom. The second-order valence-electron chi connectivity index (χ2n) is 10.2. The van der Waals surface area contributed by atoms with Crippen LogP contribution in [0.2, 0.25) is 0 Å². The van der Waals surface area contributed by atoms with E-state index in [2.05, 4.69) is 24.4 Å². The van der Waals surface area contributed by atoms with Gasteiger partial charge in [0.2, 0.25) is 11.8 Å². The lowest BCUT2D eigenvalue weighted by Gasteiger charge is -2.19. The number of hydrogen-bond donors (Lipinski definition) is 4. The highest BCUT2D eigenvalue weighted by molar-refractivity contribution is 5.89. The molecule has 220 valence electrons. The first-order valence-electron chi connectivity index (χ1n) is 14.4. The van der Waals surface area contributed by atoms with Gasteiger partial charge in [0.1, 0.15) is 17.5 Å². The van der Waals surface area contributed by atoms with Crippen molar-refractivity contribution >= 4 is 11.8 Å². The molecule has 3 rings (SSSR count). The average molecular weight is 561 g/mol. The van der Waals surface area contributed by atoms with Crippen molar-refractivity contribution in [3.63, 3.8) is 0 Å². The number of aryl methyl sites for hydroxylation is 2. The topological polar surface area (TPSA) is 143 Å². The number of nitrogens with one attached hydrogen (secondary N) is 1. The Bertz CT molecular complexity index is 1250. The molecule has 0 bridgehead atoms. The minimum Gasteiger partial charge on any atom is -0.497 e. The van der Waals surface area contributed by atoms with Gasteiger partial charge in [0.15, 0.2) is 0 Å². The second kappa shape index (κ2) is 16.4. The van der Waals surface area contributed by atoms with Crippen molar-refractivity contribution in [1.82, 2.24) is 5.32 Å². The normalized spacial score (nSPS) is 12.4. The number of ether oxygens (including phenoxy) is 2. The molecule has 0 aliphatic heterocycles. The molecule has 0 heterocycles. The number of carbonyl (C=O) groups excluding carboxylic acids is 2. The molecule has 8 heteroatoms. The molecule has 0 radical (unpaired) electrons. The molecule has 41 heavy (non-hydrogen) atoms. The van der Waals surface area contributed by atoms with Crippen LogP contribution in [0, 0.1) is 0 Å². The molecule has 2 atom stereocenters. The fourth-order valence-corrected chi connectivity index (χ4v) is 4.70. The van der Waals surface area contributed by atoms with Crippen LogP contribution >= 0.6 is 0 Å². The van der Waals surface area contributed by atoms with Crippen LogP contribution in [0.3, 0.4) is 0 Å². The summed E-state index contributed by atoms with van der Waals surface area (Å²) in [6.07, 6.45) is 4.98. The maximum atomic E-state index is 12.8. The van der Waals surface area contributed by atoms with Gasteiger partial charge in [0.05, 0.1) is 19.8 Å². The van der Waals surface area contributed by atoms with E-state index in [0.29, 0.717) is 32.4 Å². The lowest BCUT2D eigenvalue weighted by atomic mass is 9.95. The SMILES string of the molecule is CCc1cc(OC)ccc1-c1ccc(C[C@H](N)C(=O)NC(CCCc2ccc(OCCCCN)cc2)C(N)=O)cc1. The van der Waals surface area contributed by atoms with E-state index in [9.17, 15) is 9.59 Å². The summed E-state index contributed by atoms with van der Waals surface area (Å²) in [5, 5.41) is 2.75. The van der Waals surface area contributed by atoms with Gasteiger partial charge in [-0.3, -0.25) is 9.59 Å². The van der Waals surface area contributed by atoms with E-state index in [-0.39, 0.29) is 0 Å². The number of nitrogens with two attached hydrogens (primary N) is 3. The summed E-state index contributed by atoms with van der Waals surface area (Å²) >= 11 is 0. The Labute approximate surface area is 243 Å². The molecule has 0 fully saturated rings. The van der Waals surface area contributed by atoms with Crippen molar-refractivity contribution < 1.29 is 19.1 Å². The van der Waals surface area contributed by atoms with E-state index in [1.54, 1.807) is 7.11 Å². The molecule has 0 spiro atoms. The van der Waals surface area contributed by atoms with Gasteiger partial charge in [-0.05, 0) is 104 Å². The first-order chi connectivity index (χ1) is 19.8. The Hall–Kier alpha value is -3.88. The first-order valence-corrected chi connectivity index (χ1v) is 14.4. The zero-order chi connectivity index (χ0) is 29.6. The quantitative estimate of drug-likeness (QED) is 0.184. The van der Waals surface area contributed by atoms with Gasteiger partial charge in [0, 0.05) is 0 Å². The molecule has 0 saturated heterocycles. The van der Waals surface area contributed by atoms with Crippen molar-refractivity contribution in [2.45, 2.75) is 64.0 Å². The number of methoxy groups -OCH3 is 1. The maximum absolute atomic E-state index is 12.8. The van der Waals surface area contributed by atoms with Crippen LogP contribution in [-0.2, 0) is 28.9 Å². The van der Waals surface area contributed by atoms with Crippen molar-refractivity contribution in [1.29, 1.82) is 0 Å². The monoisotopic (exact) mass is 560 g/mol. The fourth-order valence-electron chi connectivity index (χ4n) is 4.70. The summed E-state index contributed by atoms with van der Waals surface area (Å²) in [4.78, 5) is 24.9. The van der Waals surface area contributed by atoms with Crippen molar-refractivity contribution in [3.8, 4) is 22.6 Å². The van der Waals surface area contributed by atoms with Crippen molar-refractivity contribution in [2.24, 2.45) is 17.2 Å². The molecule has 0 aromatic heterocycles. The van der Waals surface area contributed by atoms with Crippen LogP contribution < -0.4 is 32.0 Å². The average Bonchev–Trinajstić information content (AvgIpc) is 2.99. The number of rotatable bonds is 17. The van der Waals surface area contributed by atoms with Crippen LogP contribution in [0.25, 0.3) is 11.1 Å². The highest BCUT2D eigenvalue weighted by Crippen LogP contribution is 2.28. The van der Waals surface area contributed by atoms with E-state index >= 15 is 0 Å². The van der Waals surface area contributed by atoms with Gasteiger partial charge in [-0.2, -0.15) is 0 Å². The number of unbranched alkanes of at least 4 members (excludes halogenated alkanes) is 1.